The summed E-state index contributed by atoms with van der Waals surface area (Å²) in [5, 5.41) is 5.82. The first-order valence-electron chi connectivity index (χ1n) is 7.80. The number of piperidine rings is 1. The van der Waals surface area contributed by atoms with Crippen molar-refractivity contribution in [2.24, 2.45) is 5.73 Å². The summed E-state index contributed by atoms with van der Waals surface area (Å²) in [4.78, 5) is 25.6. The molecular weight excluding hydrogens is 280 g/mol. The molecule has 1 heterocycles. The molecule has 6 heteroatoms. The topological polar surface area (TPSA) is 87.5 Å². The van der Waals surface area contributed by atoms with Crippen molar-refractivity contribution in [1.82, 2.24) is 10.2 Å². The van der Waals surface area contributed by atoms with Crippen LogP contribution in [0.15, 0.2) is 24.3 Å². The van der Waals surface area contributed by atoms with E-state index in [1.54, 1.807) is 24.3 Å². The molecule has 1 aromatic rings. The Balaban J connectivity index is 2.10. The Morgan fingerprint density at radius 2 is 1.91 bits per heavy atom. The summed E-state index contributed by atoms with van der Waals surface area (Å²) in [5.41, 5.74) is 6.31. The fourth-order valence-corrected chi connectivity index (χ4v) is 2.81. The van der Waals surface area contributed by atoms with Crippen LogP contribution in [0.5, 0.6) is 0 Å². The van der Waals surface area contributed by atoms with Crippen molar-refractivity contribution < 1.29 is 9.59 Å². The highest BCUT2D eigenvalue weighted by Crippen LogP contribution is 2.18. The number of nitrogens with one attached hydrogen (secondary N) is 2. The van der Waals surface area contributed by atoms with Gasteiger partial charge >= 0.3 is 6.03 Å². The van der Waals surface area contributed by atoms with Crippen LogP contribution in [0.25, 0.3) is 0 Å². The molecule has 6 nitrogen and oxygen atoms in total. The van der Waals surface area contributed by atoms with E-state index in [-0.39, 0.29) is 5.91 Å². The smallest absolute Gasteiger partial charge is 0.316 e. The molecule has 0 radical (unpaired) electrons. The van der Waals surface area contributed by atoms with Crippen molar-refractivity contribution in [2.75, 3.05) is 25.0 Å². The van der Waals surface area contributed by atoms with Crippen LogP contribution >= 0.6 is 0 Å². The Morgan fingerprint density at radius 3 is 2.45 bits per heavy atom. The SMILES string of the molecule is CCCN(C(=O)c1ccc(NC(N)=O)cc1)C1CCNCC1. The fraction of sp³-hybridized carbons (Fsp3) is 0.500. The lowest BCUT2D eigenvalue weighted by Gasteiger charge is -2.34. The third kappa shape index (κ3) is 4.21. The van der Waals surface area contributed by atoms with Crippen LogP contribution in [0.2, 0.25) is 0 Å². The molecule has 0 saturated carbocycles. The predicted molar refractivity (Wildman–Crippen MR) is 86.9 cm³/mol. The molecule has 4 N–H and O–H groups in total. The van der Waals surface area contributed by atoms with Gasteiger partial charge in [-0.05, 0) is 56.6 Å². The number of carbonyl (C=O) groups excluding carboxylic acids is 2. The average molecular weight is 304 g/mol. The second kappa shape index (κ2) is 7.79. The first-order valence-corrected chi connectivity index (χ1v) is 7.80. The molecule has 0 atom stereocenters. The van der Waals surface area contributed by atoms with Crippen LogP contribution in [0, 0.1) is 0 Å². The Bertz CT molecular complexity index is 509. The number of nitrogens with zero attached hydrogens (tertiary/aromatic N) is 1. The van der Waals surface area contributed by atoms with E-state index < -0.39 is 6.03 Å². The van der Waals surface area contributed by atoms with Gasteiger partial charge in [-0.2, -0.15) is 0 Å². The number of benzene rings is 1. The number of urea groups is 1. The molecule has 0 aromatic heterocycles. The molecule has 0 unspecified atom stereocenters. The molecule has 1 aliphatic rings. The molecule has 22 heavy (non-hydrogen) atoms. The molecule has 1 fully saturated rings. The largest absolute Gasteiger partial charge is 0.351 e. The van der Waals surface area contributed by atoms with Gasteiger partial charge in [0.15, 0.2) is 0 Å². The van der Waals surface area contributed by atoms with Gasteiger partial charge in [-0.25, -0.2) is 4.79 Å². The van der Waals surface area contributed by atoms with Crippen LogP contribution in [-0.2, 0) is 0 Å². The van der Waals surface area contributed by atoms with Crippen LogP contribution in [0.1, 0.15) is 36.5 Å². The van der Waals surface area contributed by atoms with E-state index in [0.29, 0.717) is 17.3 Å². The van der Waals surface area contributed by atoms with Gasteiger partial charge < -0.3 is 21.3 Å². The minimum absolute atomic E-state index is 0.0550. The molecule has 120 valence electrons. The number of anilines is 1. The predicted octanol–water partition coefficient (Wildman–Crippen LogP) is 1.78. The Morgan fingerprint density at radius 1 is 1.27 bits per heavy atom. The highest BCUT2D eigenvalue weighted by Gasteiger charge is 2.25. The minimum Gasteiger partial charge on any atom is -0.351 e. The summed E-state index contributed by atoms with van der Waals surface area (Å²) in [6.45, 7) is 4.77. The monoisotopic (exact) mass is 304 g/mol. The number of hydrogen-bond acceptors (Lipinski definition) is 3. The number of carbonyl (C=O) groups is 2. The molecule has 0 spiro atoms. The number of primary amides is 1. The number of nitrogens with two attached hydrogens (primary N) is 1. The van der Waals surface area contributed by atoms with Crippen LogP contribution in [0.3, 0.4) is 0 Å². The molecule has 1 saturated heterocycles. The van der Waals surface area contributed by atoms with E-state index in [4.69, 9.17) is 5.73 Å². The number of hydrogen-bond donors (Lipinski definition) is 3. The van der Waals surface area contributed by atoms with E-state index >= 15 is 0 Å². The van der Waals surface area contributed by atoms with Crippen molar-refractivity contribution in [2.45, 2.75) is 32.2 Å². The fourth-order valence-electron chi connectivity index (χ4n) is 2.81. The first kappa shape index (κ1) is 16.3. The van der Waals surface area contributed by atoms with Gasteiger partial charge in [-0.3, -0.25) is 4.79 Å². The van der Waals surface area contributed by atoms with Crippen molar-refractivity contribution >= 4 is 17.6 Å². The molecule has 2 rings (SSSR count). The van der Waals surface area contributed by atoms with Gasteiger partial charge in [-0.15, -0.1) is 0 Å². The van der Waals surface area contributed by atoms with Gasteiger partial charge in [0, 0.05) is 23.8 Å². The molecule has 0 bridgehead atoms. The summed E-state index contributed by atoms with van der Waals surface area (Å²) >= 11 is 0. The van der Waals surface area contributed by atoms with E-state index in [1.807, 2.05) is 4.90 Å². The summed E-state index contributed by atoms with van der Waals surface area (Å²) in [5.74, 6) is 0.0550. The van der Waals surface area contributed by atoms with Gasteiger partial charge in [0.05, 0.1) is 0 Å². The van der Waals surface area contributed by atoms with E-state index in [2.05, 4.69) is 17.6 Å². The second-order valence-electron chi connectivity index (χ2n) is 5.55. The standard InChI is InChI=1S/C16H24N4O2/c1-2-11-20(14-7-9-18-10-8-14)15(21)12-3-5-13(6-4-12)19-16(17)22/h3-6,14,18H,2,7-11H2,1H3,(H3,17,19,22). The van der Waals surface area contributed by atoms with E-state index in [1.165, 1.54) is 0 Å². The number of amides is 3. The molecule has 3 amide bonds. The third-order valence-corrected chi connectivity index (χ3v) is 3.87. The maximum atomic E-state index is 12.8. The van der Waals surface area contributed by atoms with Crippen molar-refractivity contribution in [1.29, 1.82) is 0 Å². The van der Waals surface area contributed by atoms with Gasteiger partial charge in [0.25, 0.3) is 5.91 Å². The Labute approximate surface area is 131 Å². The van der Waals surface area contributed by atoms with Crippen LogP contribution in [-0.4, -0.2) is 42.5 Å². The maximum Gasteiger partial charge on any atom is 0.316 e. The minimum atomic E-state index is -0.610. The van der Waals surface area contributed by atoms with Crippen LogP contribution in [0.4, 0.5) is 10.5 Å². The van der Waals surface area contributed by atoms with Crippen molar-refractivity contribution in [3.05, 3.63) is 29.8 Å². The highest BCUT2D eigenvalue weighted by molar-refractivity contribution is 5.95. The van der Waals surface area contributed by atoms with E-state index in [9.17, 15) is 9.59 Å². The van der Waals surface area contributed by atoms with Gasteiger partial charge in [-0.1, -0.05) is 6.92 Å². The maximum absolute atomic E-state index is 12.8. The zero-order valence-corrected chi connectivity index (χ0v) is 13.0. The third-order valence-electron chi connectivity index (χ3n) is 3.87. The molecule has 1 aliphatic heterocycles. The first-order chi connectivity index (χ1) is 10.6. The summed E-state index contributed by atoms with van der Waals surface area (Å²) in [6, 6.07) is 6.56. The lowest BCUT2D eigenvalue weighted by molar-refractivity contribution is 0.0642. The van der Waals surface area contributed by atoms with E-state index in [0.717, 1.165) is 38.9 Å². The quantitative estimate of drug-likeness (QED) is 0.775. The van der Waals surface area contributed by atoms with Gasteiger partial charge in [0.2, 0.25) is 0 Å². The summed E-state index contributed by atoms with van der Waals surface area (Å²) in [6.07, 6.45) is 2.93. The second-order valence-corrected chi connectivity index (χ2v) is 5.55. The lowest BCUT2D eigenvalue weighted by atomic mass is 10.0. The zero-order chi connectivity index (χ0) is 15.9. The average Bonchev–Trinajstić information content (AvgIpc) is 2.53. The molecule has 1 aromatic carbocycles. The lowest BCUT2D eigenvalue weighted by Crippen LogP contribution is -2.46. The zero-order valence-electron chi connectivity index (χ0n) is 13.0. The summed E-state index contributed by atoms with van der Waals surface area (Å²) < 4.78 is 0. The van der Waals surface area contributed by atoms with Crippen LogP contribution < -0.4 is 16.4 Å². The highest BCUT2D eigenvalue weighted by atomic mass is 16.2. The molecular formula is C16H24N4O2. The summed E-state index contributed by atoms with van der Waals surface area (Å²) in [7, 11) is 0. The van der Waals surface area contributed by atoms with Gasteiger partial charge in [0.1, 0.15) is 0 Å². The molecule has 0 aliphatic carbocycles. The van der Waals surface area contributed by atoms with Crippen molar-refractivity contribution in [3.8, 4) is 0 Å². The Hall–Kier alpha value is -2.08. The Kier molecular flexibility index (Phi) is 5.77. The normalized spacial score (nSPS) is 15.3. The van der Waals surface area contributed by atoms with Crippen molar-refractivity contribution in [3.63, 3.8) is 0 Å². The number of rotatable bonds is 5.